The van der Waals surface area contributed by atoms with E-state index in [9.17, 15) is 8.42 Å². The van der Waals surface area contributed by atoms with Crippen LogP contribution in [0, 0.1) is 0 Å². The van der Waals surface area contributed by atoms with Gasteiger partial charge in [0.25, 0.3) is 10.2 Å². The minimum Gasteiger partial charge on any atom is -0.353 e. The second-order valence-corrected chi connectivity index (χ2v) is 8.77. The Hall–Kier alpha value is -2.42. The van der Waals surface area contributed by atoms with Gasteiger partial charge in [0.15, 0.2) is 0 Å². The van der Waals surface area contributed by atoms with Crippen LogP contribution in [0.15, 0.2) is 48.8 Å². The van der Waals surface area contributed by atoms with Gasteiger partial charge in [0, 0.05) is 56.9 Å². The molecule has 0 saturated heterocycles. The molecular formula is C18H21N5O2S. The van der Waals surface area contributed by atoms with Gasteiger partial charge in [0.05, 0.1) is 17.9 Å². The summed E-state index contributed by atoms with van der Waals surface area (Å²) >= 11 is 0. The predicted octanol–water partition coefficient (Wildman–Crippen LogP) is 2.00. The summed E-state index contributed by atoms with van der Waals surface area (Å²) in [5, 5.41) is 4.77. The lowest BCUT2D eigenvalue weighted by atomic mass is 10.1. The molecule has 1 aromatic carbocycles. The Morgan fingerprint density at radius 1 is 1.08 bits per heavy atom. The summed E-state index contributed by atoms with van der Waals surface area (Å²) in [5.74, 6) is 0. The monoisotopic (exact) mass is 371 g/mol. The summed E-state index contributed by atoms with van der Waals surface area (Å²) in [6, 6.07) is 11.8. The molecule has 2 aromatic heterocycles. The van der Waals surface area contributed by atoms with E-state index >= 15 is 0 Å². The highest BCUT2D eigenvalue weighted by molar-refractivity contribution is 7.86. The normalized spacial score (nSPS) is 14.9. The van der Waals surface area contributed by atoms with Crippen LogP contribution in [0.3, 0.4) is 0 Å². The number of aryl methyl sites for hydroxylation is 1. The average molecular weight is 371 g/mol. The smallest absolute Gasteiger partial charge is 0.282 e. The number of fused-ring (bicyclic) bond motifs is 3. The van der Waals surface area contributed by atoms with Gasteiger partial charge in [0.1, 0.15) is 0 Å². The third-order valence-electron chi connectivity index (χ3n) is 4.73. The summed E-state index contributed by atoms with van der Waals surface area (Å²) in [4.78, 5) is 0. The van der Waals surface area contributed by atoms with Crippen LogP contribution in [0.4, 0.5) is 0 Å². The Morgan fingerprint density at radius 2 is 1.81 bits per heavy atom. The van der Waals surface area contributed by atoms with E-state index in [-0.39, 0.29) is 6.54 Å². The fraction of sp³-hybridized carbons (Fsp3) is 0.278. The first-order valence-corrected chi connectivity index (χ1v) is 9.74. The van der Waals surface area contributed by atoms with Crippen LogP contribution in [0.1, 0.15) is 11.3 Å². The van der Waals surface area contributed by atoms with Crippen molar-refractivity contribution in [1.29, 1.82) is 0 Å². The molecule has 0 saturated carbocycles. The number of benzene rings is 1. The Balaban J connectivity index is 1.88. The molecule has 0 atom stereocenters. The summed E-state index contributed by atoms with van der Waals surface area (Å²) in [7, 11) is 1.50. The van der Waals surface area contributed by atoms with Gasteiger partial charge in [-0.25, -0.2) is 4.68 Å². The molecule has 8 heteroatoms. The molecule has 0 N–H and O–H groups in total. The molecule has 1 aliphatic rings. The molecule has 0 spiro atoms. The van der Waals surface area contributed by atoms with Gasteiger partial charge in [-0.2, -0.15) is 22.1 Å². The molecule has 3 heterocycles. The van der Waals surface area contributed by atoms with Crippen LogP contribution in [-0.4, -0.2) is 45.5 Å². The zero-order chi connectivity index (χ0) is 18.5. The van der Waals surface area contributed by atoms with Gasteiger partial charge < -0.3 is 4.57 Å². The lowest BCUT2D eigenvalue weighted by Gasteiger charge is -2.24. The molecule has 26 heavy (non-hydrogen) atoms. The van der Waals surface area contributed by atoms with Crippen molar-refractivity contribution in [3.05, 3.63) is 60.0 Å². The minimum atomic E-state index is -3.54. The van der Waals surface area contributed by atoms with Gasteiger partial charge >= 0.3 is 0 Å². The van der Waals surface area contributed by atoms with Crippen LogP contribution in [-0.2, 0) is 30.3 Å². The first-order valence-electron chi connectivity index (χ1n) is 8.34. The SMILES string of the molecule is CN(C)S(=O)(=O)N1Cc2cn(-c3ccccc3)nc2-c2ccn(C)c2C1. The van der Waals surface area contributed by atoms with E-state index in [1.165, 1.54) is 8.61 Å². The molecular weight excluding hydrogens is 350 g/mol. The average Bonchev–Trinajstić information content (AvgIpc) is 3.15. The van der Waals surface area contributed by atoms with Gasteiger partial charge in [0.2, 0.25) is 0 Å². The fourth-order valence-electron chi connectivity index (χ4n) is 3.25. The summed E-state index contributed by atoms with van der Waals surface area (Å²) in [5.41, 5.74) is 4.59. The number of hydrogen-bond acceptors (Lipinski definition) is 3. The highest BCUT2D eigenvalue weighted by Gasteiger charge is 2.32. The first kappa shape index (κ1) is 17.0. The molecule has 4 rings (SSSR count). The third kappa shape index (κ3) is 2.66. The van der Waals surface area contributed by atoms with E-state index in [2.05, 4.69) is 0 Å². The number of rotatable bonds is 3. The maximum Gasteiger partial charge on any atom is 0.282 e. The van der Waals surface area contributed by atoms with Gasteiger partial charge in [-0.1, -0.05) is 18.2 Å². The van der Waals surface area contributed by atoms with Crippen molar-refractivity contribution in [3.8, 4) is 16.9 Å². The lowest BCUT2D eigenvalue weighted by Crippen LogP contribution is -2.39. The van der Waals surface area contributed by atoms with E-state index in [1.807, 2.05) is 65.1 Å². The van der Waals surface area contributed by atoms with Crippen molar-refractivity contribution in [2.45, 2.75) is 13.1 Å². The molecule has 0 radical (unpaired) electrons. The summed E-state index contributed by atoms with van der Waals surface area (Å²) in [6.07, 6.45) is 3.87. The van der Waals surface area contributed by atoms with E-state index in [4.69, 9.17) is 5.10 Å². The second-order valence-electron chi connectivity index (χ2n) is 6.63. The highest BCUT2D eigenvalue weighted by Crippen LogP contribution is 2.34. The Morgan fingerprint density at radius 3 is 2.50 bits per heavy atom. The van der Waals surface area contributed by atoms with E-state index < -0.39 is 10.2 Å². The van der Waals surface area contributed by atoms with Crippen molar-refractivity contribution in [1.82, 2.24) is 23.0 Å². The minimum absolute atomic E-state index is 0.289. The van der Waals surface area contributed by atoms with Crippen molar-refractivity contribution in [3.63, 3.8) is 0 Å². The van der Waals surface area contributed by atoms with E-state index in [0.717, 1.165) is 28.2 Å². The maximum absolute atomic E-state index is 12.8. The molecule has 1 aliphatic heterocycles. The van der Waals surface area contributed by atoms with Crippen LogP contribution >= 0.6 is 0 Å². The predicted molar refractivity (Wildman–Crippen MR) is 99.8 cm³/mol. The Labute approximate surface area is 153 Å². The Kier molecular flexibility index (Phi) is 3.98. The van der Waals surface area contributed by atoms with Gasteiger partial charge in [-0.3, -0.25) is 0 Å². The molecule has 0 amide bonds. The molecule has 7 nitrogen and oxygen atoms in total. The zero-order valence-electron chi connectivity index (χ0n) is 15.0. The van der Waals surface area contributed by atoms with Crippen LogP contribution in [0.2, 0.25) is 0 Å². The maximum atomic E-state index is 12.8. The van der Waals surface area contributed by atoms with Gasteiger partial charge in [-0.05, 0) is 18.2 Å². The van der Waals surface area contributed by atoms with Crippen LogP contribution in [0.25, 0.3) is 16.9 Å². The van der Waals surface area contributed by atoms with E-state index in [0.29, 0.717) is 6.54 Å². The topological polar surface area (TPSA) is 63.4 Å². The summed E-state index contributed by atoms with van der Waals surface area (Å²) in [6.45, 7) is 0.610. The number of aromatic nitrogens is 3. The molecule has 0 aliphatic carbocycles. The quantitative estimate of drug-likeness (QED) is 0.707. The molecule has 0 unspecified atom stereocenters. The van der Waals surface area contributed by atoms with Crippen molar-refractivity contribution in [2.75, 3.05) is 14.1 Å². The van der Waals surface area contributed by atoms with Crippen molar-refractivity contribution >= 4 is 10.2 Å². The van der Waals surface area contributed by atoms with Gasteiger partial charge in [-0.15, -0.1) is 0 Å². The second kappa shape index (κ2) is 6.08. The fourth-order valence-corrected chi connectivity index (χ4v) is 4.30. The lowest BCUT2D eigenvalue weighted by molar-refractivity contribution is 0.361. The largest absolute Gasteiger partial charge is 0.353 e. The zero-order valence-corrected chi connectivity index (χ0v) is 15.8. The van der Waals surface area contributed by atoms with Crippen LogP contribution in [0.5, 0.6) is 0 Å². The van der Waals surface area contributed by atoms with Crippen molar-refractivity contribution < 1.29 is 8.42 Å². The standard InChI is InChI=1S/C18H21N5O2S/c1-20(2)26(24,25)22-11-14-12-23(15-7-5-4-6-8-15)19-18(14)16-9-10-21(3)17(16)13-22/h4-10,12H,11,13H2,1-3H3. The molecule has 3 aromatic rings. The molecule has 0 fully saturated rings. The summed E-state index contributed by atoms with van der Waals surface area (Å²) < 4.78 is 32.1. The third-order valence-corrected chi connectivity index (χ3v) is 6.56. The number of nitrogens with zero attached hydrogens (tertiary/aromatic N) is 5. The van der Waals surface area contributed by atoms with E-state index in [1.54, 1.807) is 14.1 Å². The number of hydrogen-bond donors (Lipinski definition) is 0. The van der Waals surface area contributed by atoms with Crippen molar-refractivity contribution in [2.24, 2.45) is 7.05 Å². The molecule has 0 bridgehead atoms. The molecule has 136 valence electrons. The first-order chi connectivity index (χ1) is 12.4. The van der Waals surface area contributed by atoms with Crippen LogP contribution < -0.4 is 0 Å². The Bertz CT molecular complexity index is 1050. The highest BCUT2D eigenvalue weighted by atomic mass is 32.2. The number of para-hydroxylation sites is 1.